The van der Waals surface area contributed by atoms with Crippen LogP contribution in [0.3, 0.4) is 0 Å². The maximum atomic E-state index is 12.2. The first kappa shape index (κ1) is 13.6. The summed E-state index contributed by atoms with van der Waals surface area (Å²) in [6, 6.07) is 1.29. The van der Waals surface area contributed by atoms with Crippen LogP contribution in [0, 0.1) is 5.41 Å². The van der Waals surface area contributed by atoms with Gasteiger partial charge in [-0.1, -0.05) is 13.8 Å². The van der Waals surface area contributed by atoms with Crippen molar-refractivity contribution in [2.75, 3.05) is 13.1 Å². The number of carbonyl (C=O) groups is 2. The Morgan fingerprint density at radius 3 is 2.68 bits per heavy atom. The van der Waals surface area contributed by atoms with E-state index in [1.54, 1.807) is 4.90 Å². The Morgan fingerprint density at radius 1 is 1.32 bits per heavy atom. The van der Waals surface area contributed by atoms with Crippen LogP contribution in [0.4, 0.5) is 0 Å². The van der Waals surface area contributed by atoms with E-state index in [2.05, 4.69) is 13.8 Å². The van der Waals surface area contributed by atoms with Crippen molar-refractivity contribution in [3.63, 3.8) is 0 Å². The first-order valence-corrected chi connectivity index (χ1v) is 6.50. The number of hydrogen-bond donors (Lipinski definition) is 1. The molecule has 0 aromatic carbocycles. The second-order valence-corrected chi connectivity index (χ2v) is 5.81. The van der Waals surface area contributed by atoms with Crippen molar-refractivity contribution < 1.29 is 19.1 Å². The summed E-state index contributed by atoms with van der Waals surface area (Å²) in [5.41, 5.74) is 0.267. The SMILES string of the molecule is CC1(C)CCCN(C(=O)c2cc(C(=O)O)co2)CC1. The third kappa shape index (κ3) is 3.16. The molecule has 1 aromatic heterocycles. The fraction of sp³-hybridized carbons (Fsp3) is 0.571. The molecule has 1 amide bonds. The van der Waals surface area contributed by atoms with Crippen molar-refractivity contribution in [3.8, 4) is 0 Å². The summed E-state index contributed by atoms with van der Waals surface area (Å²) >= 11 is 0. The molecule has 5 heteroatoms. The molecule has 0 bridgehead atoms. The van der Waals surface area contributed by atoms with E-state index >= 15 is 0 Å². The summed E-state index contributed by atoms with van der Waals surface area (Å²) < 4.78 is 5.06. The van der Waals surface area contributed by atoms with Crippen LogP contribution >= 0.6 is 0 Å². The van der Waals surface area contributed by atoms with Crippen LogP contribution in [-0.4, -0.2) is 35.0 Å². The zero-order valence-corrected chi connectivity index (χ0v) is 11.3. The van der Waals surface area contributed by atoms with Crippen molar-refractivity contribution in [3.05, 3.63) is 23.7 Å². The first-order valence-electron chi connectivity index (χ1n) is 6.50. The van der Waals surface area contributed by atoms with Crippen molar-refractivity contribution in [2.24, 2.45) is 5.41 Å². The maximum absolute atomic E-state index is 12.2. The van der Waals surface area contributed by atoms with Gasteiger partial charge in [0.25, 0.3) is 5.91 Å². The predicted octanol–water partition coefficient (Wildman–Crippen LogP) is 2.63. The molecule has 0 atom stereocenters. The number of rotatable bonds is 2. The van der Waals surface area contributed by atoms with Crippen LogP contribution in [0.15, 0.2) is 16.7 Å². The first-order chi connectivity index (χ1) is 8.89. The number of hydrogen-bond acceptors (Lipinski definition) is 3. The molecule has 2 rings (SSSR count). The van der Waals surface area contributed by atoms with E-state index in [4.69, 9.17) is 9.52 Å². The Hall–Kier alpha value is -1.78. The highest BCUT2D eigenvalue weighted by atomic mass is 16.4. The molecule has 0 aliphatic carbocycles. The van der Waals surface area contributed by atoms with Gasteiger partial charge in [-0.2, -0.15) is 0 Å². The summed E-state index contributed by atoms with van der Waals surface area (Å²) in [5.74, 6) is -1.19. The molecule has 5 nitrogen and oxygen atoms in total. The second-order valence-electron chi connectivity index (χ2n) is 5.81. The van der Waals surface area contributed by atoms with Gasteiger partial charge in [0.15, 0.2) is 5.76 Å². The van der Waals surface area contributed by atoms with Gasteiger partial charge in [0.1, 0.15) is 6.26 Å². The Bertz CT molecular complexity index is 489. The third-order valence-electron chi connectivity index (χ3n) is 3.68. The lowest BCUT2D eigenvalue weighted by atomic mass is 9.85. The number of furan rings is 1. The van der Waals surface area contributed by atoms with Crippen LogP contribution in [0.5, 0.6) is 0 Å². The lowest BCUT2D eigenvalue weighted by Crippen LogP contribution is -2.32. The average Bonchev–Trinajstić information content (AvgIpc) is 2.75. The molecule has 1 aliphatic rings. The van der Waals surface area contributed by atoms with Crippen LogP contribution in [0.2, 0.25) is 0 Å². The topological polar surface area (TPSA) is 70.8 Å². The minimum Gasteiger partial charge on any atom is -0.478 e. The quantitative estimate of drug-likeness (QED) is 0.892. The molecule has 0 radical (unpaired) electrons. The van der Waals surface area contributed by atoms with Crippen molar-refractivity contribution >= 4 is 11.9 Å². The maximum Gasteiger partial charge on any atom is 0.338 e. The van der Waals surface area contributed by atoms with Crippen molar-refractivity contribution in [1.82, 2.24) is 4.90 Å². The lowest BCUT2D eigenvalue weighted by molar-refractivity contribution is 0.0693. The van der Waals surface area contributed by atoms with Crippen LogP contribution < -0.4 is 0 Å². The molecule has 2 heterocycles. The number of carbonyl (C=O) groups excluding carboxylic acids is 1. The minimum atomic E-state index is -1.08. The van der Waals surface area contributed by atoms with E-state index in [1.165, 1.54) is 6.07 Å². The van der Waals surface area contributed by atoms with E-state index in [9.17, 15) is 9.59 Å². The summed E-state index contributed by atoms with van der Waals surface area (Å²) in [4.78, 5) is 24.8. The molecule has 1 fully saturated rings. The normalized spacial score (nSPS) is 18.9. The van der Waals surface area contributed by atoms with Crippen molar-refractivity contribution in [2.45, 2.75) is 33.1 Å². The molecular weight excluding hydrogens is 246 g/mol. The van der Waals surface area contributed by atoms with Crippen LogP contribution in [0.1, 0.15) is 54.0 Å². The average molecular weight is 265 g/mol. The van der Waals surface area contributed by atoms with Gasteiger partial charge < -0.3 is 14.4 Å². The fourth-order valence-electron chi connectivity index (χ4n) is 2.34. The summed E-state index contributed by atoms with van der Waals surface area (Å²) in [6.45, 7) is 5.80. The number of likely N-dealkylation sites (tertiary alicyclic amines) is 1. The van der Waals surface area contributed by atoms with Gasteiger partial charge in [-0.05, 0) is 24.7 Å². The highest BCUT2D eigenvalue weighted by Gasteiger charge is 2.27. The summed E-state index contributed by atoms with van der Waals surface area (Å²) in [7, 11) is 0. The van der Waals surface area contributed by atoms with E-state index in [1.807, 2.05) is 0 Å². The lowest BCUT2D eigenvalue weighted by Gasteiger charge is -2.22. The molecule has 1 aliphatic heterocycles. The molecule has 1 aromatic rings. The number of carboxylic acid groups (broad SMARTS) is 1. The third-order valence-corrected chi connectivity index (χ3v) is 3.68. The smallest absolute Gasteiger partial charge is 0.338 e. The Kier molecular flexibility index (Phi) is 3.64. The van der Waals surface area contributed by atoms with Crippen molar-refractivity contribution in [1.29, 1.82) is 0 Å². The number of nitrogens with zero attached hydrogens (tertiary/aromatic N) is 1. The van der Waals surface area contributed by atoms with Gasteiger partial charge in [-0.15, -0.1) is 0 Å². The monoisotopic (exact) mass is 265 g/mol. The molecule has 19 heavy (non-hydrogen) atoms. The van der Waals surface area contributed by atoms with E-state index in [0.717, 1.165) is 25.5 Å². The highest BCUT2D eigenvalue weighted by molar-refractivity contribution is 5.95. The van der Waals surface area contributed by atoms with Gasteiger partial charge in [0.05, 0.1) is 5.56 Å². The Labute approximate surface area is 112 Å². The molecular formula is C14H19NO4. The second kappa shape index (κ2) is 5.07. The molecule has 1 saturated heterocycles. The number of aromatic carboxylic acids is 1. The zero-order valence-electron chi connectivity index (χ0n) is 11.3. The van der Waals surface area contributed by atoms with Gasteiger partial charge in [0, 0.05) is 19.2 Å². The number of amides is 1. The molecule has 0 spiro atoms. The largest absolute Gasteiger partial charge is 0.478 e. The van der Waals surface area contributed by atoms with Gasteiger partial charge >= 0.3 is 5.97 Å². The zero-order chi connectivity index (χ0) is 14.0. The molecule has 104 valence electrons. The standard InChI is InChI=1S/C14H19NO4/c1-14(2)4-3-6-15(7-5-14)12(16)11-8-10(9-19-11)13(17)18/h8-9H,3-7H2,1-2H3,(H,17,18). The molecule has 1 N–H and O–H groups in total. The van der Waals surface area contributed by atoms with Gasteiger partial charge in [0.2, 0.25) is 0 Å². The Morgan fingerprint density at radius 2 is 2.05 bits per heavy atom. The molecule has 0 unspecified atom stereocenters. The highest BCUT2D eigenvalue weighted by Crippen LogP contribution is 2.30. The summed E-state index contributed by atoms with van der Waals surface area (Å²) in [6.07, 6.45) is 4.11. The number of carboxylic acids is 1. The minimum absolute atomic E-state index is 0.0125. The molecule has 0 saturated carbocycles. The fourth-order valence-corrected chi connectivity index (χ4v) is 2.34. The van der Waals surface area contributed by atoms with E-state index in [0.29, 0.717) is 13.1 Å². The van der Waals surface area contributed by atoms with Crippen LogP contribution in [0.25, 0.3) is 0 Å². The predicted molar refractivity (Wildman–Crippen MR) is 69.2 cm³/mol. The van der Waals surface area contributed by atoms with Gasteiger partial charge in [-0.25, -0.2) is 4.79 Å². The van der Waals surface area contributed by atoms with Gasteiger partial charge in [-0.3, -0.25) is 4.79 Å². The Balaban J connectivity index is 2.08. The van der Waals surface area contributed by atoms with E-state index < -0.39 is 5.97 Å². The summed E-state index contributed by atoms with van der Waals surface area (Å²) in [5, 5.41) is 8.82. The van der Waals surface area contributed by atoms with Crippen LogP contribution in [-0.2, 0) is 0 Å². The van der Waals surface area contributed by atoms with E-state index in [-0.39, 0.29) is 22.6 Å².